The van der Waals surface area contributed by atoms with Crippen molar-refractivity contribution in [3.63, 3.8) is 0 Å². The summed E-state index contributed by atoms with van der Waals surface area (Å²) in [5.41, 5.74) is 6.62. The summed E-state index contributed by atoms with van der Waals surface area (Å²) in [5, 5.41) is 2.98. The van der Waals surface area contributed by atoms with Crippen LogP contribution in [0.5, 0.6) is 0 Å². The topological polar surface area (TPSA) is 64.4 Å². The highest BCUT2D eigenvalue weighted by atomic mass is 79.9. The molecule has 3 atom stereocenters. The lowest BCUT2D eigenvalue weighted by atomic mass is 10.1. The highest BCUT2D eigenvalue weighted by molar-refractivity contribution is 9.10. The average molecular weight is 327 g/mol. The maximum absolute atomic E-state index is 12.1. The molecule has 104 valence electrons. The first-order chi connectivity index (χ1) is 9.10. The van der Waals surface area contributed by atoms with Crippen molar-refractivity contribution in [1.29, 1.82) is 0 Å². The predicted molar refractivity (Wildman–Crippen MR) is 77.6 cm³/mol. The van der Waals surface area contributed by atoms with Crippen molar-refractivity contribution in [2.45, 2.75) is 38.0 Å². The molecule has 0 aromatic heterocycles. The van der Waals surface area contributed by atoms with Gasteiger partial charge >= 0.3 is 0 Å². The maximum Gasteiger partial charge on any atom is 0.249 e. The van der Waals surface area contributed by atoms with Gasteiger partial charge in [0.25, 0.3) is 0 Å². The van der Waals surface area contributed by atoms with Crippen LogP contribution in [0.3, 0.4) is 0 Å². The van der Waals surface area contributed by atoms with E-state index in [1.807, 2.05) is 31.2 Å². The molecule has 0 spiro atoms. The van der Waals surface area contributed by atoms with Crippen LogP contribution in [0.25, 0.3) is 0 Å². The Morgan fingerprint density at radius 1 is 1.47 bits per heavy atom. The van der Waals surface area contributed by atoms with E-state index >= 15 is 0 Å². The lowest BCUT2D eigenvalue weighted by molar-refractivity contribution is -0.132. The molecule has 5 heteroatoms. The van der Waals surface area contributed by atoms with Crippen molar-refractivity contribution in [2.24, 2.45) is 5.73 Å². The van der Waals surface area contributed by atoms with E-state index in [1.54, 1.807) is 0 Å². The summed E-state index contributed by atoms with van der Waals surface area (Å²) in [5.74, 6) is -0.0497. The van der Waals surface area contributed by atoms with Gasteiger partial charge in [-0.15, -0.1) is 0 Å². The van der Waals surface area contributed by atoms with Gasteiger partial charge in [0.15, 0.2) is 0 Å². The van der Waals surface area contributed by atoms with Gasteiger partial charge in [-0.2, -0.15) is 0 Å². The highest BCUT2D eigenvalue weighted by Crippen LogP contribution is 2.21. The quantitative estimate of drug-likeness (QED) is 0.890. The van der Waals surface area contributed by atoms with E-state index in [9.17, 15) is 4.79 Å². The smallest absolute Gasteiger partial charge is 0.249 e. The van der Waals surface area contributed by atoms with Crippen molar-refractivity contribution in [2.75, 3.05) is 6.54 Å². The second-order valence-electron chi connectivity index (χ2n) is 4.84. The fourth-order valence-corrected chi connectivity index (χ4v) is 2.48. The monoisotopic (exact) mass is 326 g/mol. The summed E-state index contributed by atoms with van der Waals surface area (Å²) in [6, 6.07) is 7.89. The Kier molecular flexibility index (Phi) is 4.96. The molecular weight excluding hydrogens is 308 g/mol. The number of halogens is 1. The number of ether oxygens (including phenoxy) is 1. The lowest BCUT2D eigenvalue weighted by Gasteiger charge is -2.18. The molecule has 0 aliphatic carbocycles. The second kappa shape index (κ2) is 6.50. The van der Waals surface area contributed by atoms with Crippen molar-refractivity contribution in [1.82, 2.24) is 5.32 Å². The minimum absolute atomic E-state index is 0.0266. The zero-order valence-electron chi connectivity index (χ0n) is 10.9. The van der Waals surface area contributed by atoms with Gasteiger partial charge in [0.2, 0.25) is 5.91 Å². The SMILES string of the molecule is CC(NC(=O)C1CCC(CN)O1)c1ccc(Br)cc1. The molecule has 0 bridgehead atoms. The predicted octanol–water partition coefficient (Wildman–Crippen LogP) is 2.13. The molecule has 1 saturated heterocycles. The van der Waals surface area contributed by atoms with Crippen LogP contribution in [0.15, 0.2) is 28.7 Å². The van der Waals surface area contributed by atoms with E-state index in [4.69, 9.17) is 10.5 Å². The Morgan fingerprint density at radius 2 is 2.16 bits per heavy atom. The third kappa shape index (κ3) is 3.78. The van der Waals surface area contributed by atoms with Crippen LogP contribution in [0.1, 0.15) is 31.4 Å². The van der Waals surface area contributed by atoms with Crippen molar-refractivity contribution in [3.8, 4) is 0 Å². The van der Waals surface area contributed by atoms with Gasteiger partial charge in [0.05, 0.1) is 12.1 Å². The summed E-state index contributed by atoms with van der Waals surface area (Å²) >= 11 is 3.39. The van der Waals surface area contributed by atoms with Crippen LogP contribution in [0.2, 0.25) is 0 Å². The number of nitrogens with two attached hydrogens (primary N) is 1. The van der Waals surface area contributed by atoms with E-state index < -0.39 is 0 Å². The molecule has 1 aliphatic heterocycles. The van der Waals surface area contributed by atoms with Crippen LogP contribution in [-0.2, 0) is 9.53 Å². The van der Waals surface area contributed by atoms with Crippen LogP contribution < -0.4 is 11.1 Å². The molecule has 1 amide bonds. The van der Waals surface area contributed by atoms with Crippen LogP contribution in [0.4, 0.5) is 0 Å². The Labute approximate surface area is 121 Å². The molecule has 1 heterocycles. The van der Waals surface area contributed by atoms with Crippen LogP contribution in [-0.4, -0.2) is 24.7 Å². The maximum atomic E-state index is 12.1. The zero-order valence-corrected chi connectivity index (χ0v) is 12.5. The minimum Gasteiger partial charge on any atom is -0.364 e. The normalized spacial score (nSPS) is 24.2. The van der Waals surface area contributed by atoms with Gasteiger partial charge in [0, 0.05) is 11.0 Å². The van der Waals surface area contributed by atoms with Crippen molar-refractivity contribution >= 4 is 21.8 Å². The van der Waals surface area contributed by atoms with Gasteiger partial charge in [0.1, 0.15) is 6.10 Å². The molecule has 1 aromatic carbocycles. The molecule has 2 rings (SSSR count). The molecule has 3 N–H and O–H groups in total. The molecule has 1 aromatic rings. The number of carbonyl (C=O) groups excluding carboxylic acids is 1. The average Bonchev–Trinajstić information content (AvgIpc) is 2.88. The molecule has 3 unspecified atom stereocenters. The van der Waals surface area contributed by atoms with Crippen LogP contribution in [0, 0.1) is 0 Å². The van der Waals surface area contributed by atoms with Gasteiger partial charge in [-0.05, 0) is 37.5 Å². The van der Waals surface area contributed by atoms with Gasteiger partial charge in [-0.1, -0.05) is 28.1 Å². The van der Waals surface area contributed by atoms with Gasteiger partial charge in [-0.25, -0.2) is 0 Å². The Hall–Kier alpha value is -0.910. The number of hydrogen-bond acceptors (Lipinski definition) is 3. The lowest BCUT2D eigenvalue weighted by Crippen LogP contribution is -2.36. The number of nitrogens with one attached hydrogen (secondary N) is 1. The molecule has 19 heavy (non-hydrogen) atoms. The van der Waals surface area contributed by atoms with E-state index in [0.717, 1.165) is 22.9 Å². The largest absolute Gasteiger partial charge is 0.364 e. The first kappa shape index (κ1) is 14.5. The number of hydrogen-bond donors (Lipinski definition) is 2. The molecule has 4 nitrogen and oxygen atoms in total. The molecule has 1 fully saturated rings. The van der Waals surface area contributed by atoms with E-state index in [0.29, 0.717) is 6.54 Å². The highest BCUT2D eigenvalue weighted by Gasteiger charge is 2.30. The molecule has 0 saturated carbocycles. The van der Waals surface area contributed by atoms with E-state index in [1.165, 1.54) is 0 Å². The number of benzene rings is 1. The first-order valence-electron chi connectivity index (χ1n) is 6.51. The summed E-state index contributed by atoms with van der Waals surface area (Å²) in [6.07, 6.45) is 1.28. The number of carbonyl (C=O) groups is 1. The summed E-state index contributed by atoms with van der Waals surface area (Å²) in [4.78, 5) is 12.1. The van der Waals surface area contributed by atoms with Crippen molar-refractivity contribution in [3.05, 3.63) is 34.3 Å². The summed E-state index contributed by atoms with van der Waals surface area (Å²) in [6.45, 7) is 2.45. The third-order valence-electron chi connectivity index (χ3n) is 3.39. The number of amides is 1. The minimum atomic E-state index is -0.355. The van der Waals surface area contributed by atoms with Crippen molar-refractivity contribution < 1.29 is 9.53 Å². The molecule has 0 radical (unpaired) electrons. The summed E-state index contributed by atoms with van der Waals surface area (Å²) < 4.78 is 6.61. The standard InChI is InChI=1S/C14H19BrN2O2/c1-9(10-2-4-11(15)5-3-10)17-14(18)13-7-6-12(8-16)19-13/h2-5,9,12-13H,6-8,16H2,1H3,(H,17,18). The molecule has 1 aliphatic rings. The fraction of sp³-hybridized carbons (Fsp3) is 0.500. The second-order valence-corrected chi connectivity index (χ2v) is 5.76. The van der Waals surface area contributed by atoms with Crippen LogP contribution >= 0.6 is 15.9 Å². The Bertz CT molecular complexity index is 436. The fourth-order valence-electron chi connectivity index (χ4n) is 2.21. The Balaban J connectivity index is 1.90. The zero-order chi connectivity index (χ0) is 13.8. The summed E-state index contributed by atoms with van der Waals surface area (Å²) in [7, 11) is 0. The van der Waals surface area contributed by atoms with Gasteiger partial charge < -0.3 is 15.8 Å². The Morgan fingerprint density at radius 3 is 2.74 bits per heavy atom. The van der Waals surface area contributed by atoms with E-state index in [-0.39, 0.29) is 24.2 Å². The first-order valence-corrected chi connectivity index (χ1v) is 7.31. The van der Waals surface area contributed by atoms with E-state index in [2.05, 4.69) is 21.2 Å². The number of rotatable bonds is 4. The third-order valence-corrected chi connectivity index (χ3v) is 3.92. The van der Waals surface area contributed by atoms with Gasteiger partial charge in [-0.3, -0.25) is 4.79 Å². The molecular formula is C14H19BrN2O2.